The molecular formula is C16H29NO5Si. The average molecular weight is 343 g/mol. The normalized spacial score (nSPS) is 12.0. The first-order valence-electron chi connectivity index (χ1n) is 7.92. The Balaban J connectivity index is 3.75. The lowest BCUT2D eigenvalue weighted by molar-refractivity contribution is -0.147. The van der Waals surface area contributed by atoms with Crippen LogP contribution in [0, 0.1) is 0 Å². The summed E-state index contributed by atoms with van der Waals surface area (Å²) >= 11 is 0. The maximum absolute atomic E-state index is 11.6. The van der Waals surface area contributed by atoms with E-state index in [0.29, 0.717) is 12.1 Å². The summed E-state index contributed by atoms with van der Waals surface area (Å²) in [6.45, 7) is 8.18. The Kier molecular flexibility index (Phi) is 11.6. The molecule has 0 aliphatic heterocycles. The fourth-order valence-corrected chi connectivity index (χ4v) is 2.50. The summed E-state index contributed by atoms with van der Waals surface area (Å²) in [5, 5.41) is 9.68. The van der Waals surface area contributed by atoms with E-state index >= 15 is 0 Å². The second-order valence-corrected chi connectivity index (χ2v) is 7.84. The van der Waals surface area contributed by atoms with E-state index < -0.39 is 14.8 Å². The molecule has 0 aliphatic rings. The molecule has 0 amide bonds. The van der Waals surface area contributed by atoms with Crippen molar-refractivity contribution in [1.82, 2.24) is 4.90 Å². The number of Topliss-reactive ketones (excluding diaryl/α,β-unsaturated/α-hetero) is 1. The minimum atomic E-state index is -1.42. The molecule has 0 saturated heterocycles. The molecule has 1 unspecified atom stereocenters. The Labute approximate surface area is 140 Å². The standard InChI is InChI=1S/C16H29NO5Si/c1-13(2)15(19)7-6-14(18)12-22-16(20)8-10-17(3)9-5-11-23(4)21/h14,18H,1,5-12H2,2-4H3. The Bertz CT molecular complexity index is 425. The number of aliphatic hydroxyl groups excluding tert-OH is 1. The summed E-state index contributed by atoms with van der Waals surface area (Å²) in [5.41, 5.74) is 0.463. The van der Waals surface area contributed by atoms with Gasteiger partial charge in [0, 0.05) is 13.0 Å². The molecule has 0 aromatic carbocycles. The maximum atomic E-state index is 11.6. The van der Waals surface area contributed by atoms with Crippen molar-refractivity contribution in [3.63, 3.8) is 0 Å². The molecule has 132 valence electrons. The van der Waals surface area contributed by atoms with E-state index in [9.17, 15) is 19.2 Å². The van der Waals surface area contributed by atoms with Crippen LogP contribution in [0.2, 0.25) is 12.6 Å². The molecular weight excluding hydrogens is 314 g/mol. The van der Waals surface area contributed by atoms with Crippen LogP contribution in [0.15, 0.2) is 12.2 Å². The van der Waals surface area contributed by atoms with Crippen LogP contribution in [0.25, 0.3) is 0 Å². The second-order valence-electron chi connectivity index (χ2n) is 5.94. The number of hydrogen-bond acceptors (Lipinski definition) is 6. The van der Waals surface area contributed by atoms with Gasteiger partial charge in [-0.15, -0.1) is 0 Å². The summed E-state index contributed by atoms with van der Waals surface area (Å²) in [5.74, 6) is -0.460. The Morgan fingerprint density at radius 3 is 2.52 bits per heavy atom. The minimum absolute atomic E-state index is 0.0911. The third-order valence-electron chi connectivity index (χ3n) is 3.38. The van der Waals surface area contributed by atoms with Crippen LogP contribution < -0.4 is 0 Å². The molecule has 7 heteroatoms. The zero-order chi connectivity index (χ0) is 17.8. The molecule has 0 rings (SSSR count). The number of carbonyl (C=O) groups excluding carboxylic acids is 2. The largest absolute Gasteiger partial charge is 0.463 e. The first kappa shape index (κ1) is 21.8. The van der Waals surface area contributed by atoms with Gasteiger partial charge in [-0.05, 0) is 51.5 Å². The summed E-state index contributed by atoms with van der Waals surface area (Å²) < 4.78 is 16.0. The Morgan fingerprint density at radius 2 is 1.96 bits per heavy atom. The van der Waals surface area contributed by atoms with Crippen molar-refractivity contribution in [1.29, 1.82) is 0 Å². The number of hydrogen-bond donors (Lipinski definition) is 1. The monoisotopic (exact) mass is 343 g/mol. The molecule has 23 heavy (non-hydrogen) atoms. The molecule has 0 bridgehead atoms. The second kappa shape index (κ2) is 12.3. The van der Waals surface area contributed by atoms with Gasteiger partial charge < -0.3 is 19.2 Å². The molecule has 6 nitrogen and oxygen atoms in total. The van der Waals surface area contributed by atoms with Crippen molar-refractivity contribution < 1.29 is 23.9 Å². The van der Waals surface area contributed by atoms with Crippen LogP contribution in [0.1, 0.15) is 32.6 Å². The number of carbonyl (C=O) groups is 2. The number of rotatable bonds is 13. The van der Waals surface area contributed by atoms with Crippen molar-refractivity contribution in [2.24, 2.45) is 0 Å². The summed E-state index contributed by atoms with van der Waals surface area (Å²) in [4.78, 5) is 24.9. The molecule has 0 heterocycles. The molecule has 0 saturated carbocycles. The molecule has 0 aromatic rings. The van der Waals surface area contributed by atoms with Gasteiger partial charge in [-0.3, -0.25) is 9.59 Å². The zero-order valence-electron chi connectivity index (χ0n) is 14.5. The van der Waals surface area contributed by atoms with Gasteiger partial charge >= 0.3 is 5.97 Å². The van der Waals surface area contributed by atoms with Gasteiger partial charge in [0.15, 0.2) is 5.78 Å². The van der Waals surface area contributed by atoms with Gasteiger partial charge in [-0.1, -0.05) is 6.58 Å². The average Bonchev–Trinajstić information content (AvgIpc) is 2.47. The van der Waals surface area contributed by atoms with E-state index in [1.165, 1.54) is 0 Å². The highest BCUT2D eigenvalue weighted by Crippen LogP contribution is 2.04. The number of aliphatic hydroxyl groups is 1. The van der Waals surface area contributed by atoms with Crippen molar-refractivity contribution >= 4 is 20.4 Å². The Hall–Kier alpha value is -1.18. The van der Waals surface area contributed by atoms with Crippen LogP contribution in [0.5, 0.6) is 0 Å². The smallest absolute Gasteiger partial charge is 0.307 e. The van der Waals surface area contributed by atoms with E-state index in [-0.39, 0.29) is 37.6 Å². The van der Waals surface area contributed by atoms with Gasteiger partial charge in [0.1, 0.15) is 6.61 Å². The van der Waals surface area contributed by atoms with Crippen molar-refractivity contribution in [2.45, 2.75) is 51.3 Å². The number of esters is 1. The van der Waals surface area contributed by atoms with E-state index in [0.717, 1.165) is 19.0 Å². The van der Waals surface area contributed by atoms with Gasteiger partial charge in [0.05, 0.1) is 12.5 Å². The first-order valence-corrected chi connectivity index (χ1v) is 10.0. The number of nitrogens with zero attached hydrogens (tertiary/aromatic N) is 1. The zero-order valence-corrected chi connectivity index (χ0v) is 15.5. The third-order valence-corrected chi connectivity index (χ3v) is 4.44. The fraction of sp³-hybridized carbons (Fsp3) is 0.750. The molecule has 0 fully saturated rings. The summed E-state index contributed by atoms with van der Waals surface area (Å²) in [6.07, 6.45) is 0.735. The highest BCUT2D eigenvalue weighted by Gasteiger charge is 2.12. The van der Waals surface area contributed by atoms with E-state index in [1.54, 1.807) is 13.5 Å². The Morgan fingerprint density at radius 1 is 1.30 bits per heavy atom. The molecule has 1 atom stereocenters. The van der Waals surface area contributed by atoms with Crippen molar-refractivity contribution in [3.8, 4) is 0 Å². The van der Waals surface area contributed by atoms with Gasteiger partial charge in [0.25, 0.3) is 8.68 Å². The molecule has 0 radical (unpaired) electrons. The van der Waals surface area contributed by atoms with Crippen LogP contribution in [0.4, 0.5) is 0 Å². The lowest BCUT2D eigenvalue weighted by Crippen LogP contribution is -2.25. The topological polar surface area (TPSA) is 83.9 Å². The molecule has 0 aromatic heterocycles. The molecule has 0 spiro atoms. The fourth-order valence-electron chi connectivity index (χ4n) is 1.85. The van der Waals surface area contributed by atoms with E-state index in [1.807, 2.05) is 11.9 Å². The predicted molar refractivity (Wildman–Crippen MR) is 89.9 cm³/mol. The van der Waals surface area contributed by atoms with Gasteiger partial charge in [-0.2, -0.15) is 0 Å². The van der Waals surface area contributed by atoms with Gasteiger partial charge in [0.2, 0.25) is 0 Å². The highest BCUT2D eigenvalue weighted by molar-refractivity contribution is 6.40. The lowest BCUT2D eigenvalue weighted by atomic mass is 10.1. The summed E-state index contributed by atoms with van der Waals surface area (Å²) in [7, 11) is 0.480. The van der Waals surface area contributed by atoms with Crippen LogP contribution >= 0.6 is 0 Å². The highest BCUT2D eigenvalue weighted by atomic mass is 28.3. The quantitative estimate of drug-likeness (QED) is 0.310. The SMILES string of the molecule is C=C(C)C(=O)CCC(O)COC(=O)CCN(C)CCC[Si](C)=O. The first-order chi connectivity index (χ1) is 10.7. The minimum Gasteiger partial charge on any atom is -0.463 e. The lowest BCUT2D eigenvalue weighted by Gasteiger charge is -2.16. The molecule has 1 N–H and O–H groups in total. The van der Waals surface area contributed by atoms with Gasteiger partial charge in [-0.25, -0.2) is 0 Å². The number of ketones is 1. The van der Waals surface area contributed by atoms with Crippen molar-refractivity contribution in [2.75, 3.05) is 26.7 Å². The van der Waals surface area contributed by atoms with Crippen LogP contribution in [-0.2, 0) is 18.8 Å². The summed E-state index contributed by atoms with van der Waals surface area (Å²) in [6, 6.07) is 0.731. The maximum Gasteiger partial charge on any atom is 0.307 e. The van der Waals surface area contributed by atoms with Crippen LogP contribution in [0.3, 0.4) is 0 Å². The van der Waals surface area contributed by atoms with E-state index in [4.69, 9.17) is 4.74 Å². The number of allylic oxidation sites excluding steroid dienone is 1. The van der Waals surface area contributed by atoms with E-state index in [2.05, 4.69) is 6.58 Å². The van der Waals surface area contributed by atoms with Crippen molar-refractivity contribution in [3.05, 3.63) is 12.2 Å². The third kappa shape index (κ3) is 13.0. The predicted octanol–water partition coefficient (Wildman–Crippen LogP) is 1.58. The van der Waals surface area contributed by atoms with Crippen LogP contribution in [-0.4, -0.2) is 63.3 Å². The number of ether oxygens (including phenoxy) is 1. The molecule has 0 aliphatic carbocycles.